The third-order valence-electron chi connectivity index (χ3n) is 2.19. The van der Waals surface area contributed by atoms with Crippen LogP contribution in [0.2, 0.25) is 0 Å². The molecule has 2 aromatic heterocycles. The zero-order chi connectivity index (χ0) is 11.4. The highest BCUT2D eigenvalue weighted by Crippen LogP contribution is 2.13. The van der Waals surface area contributed by atoms with Crippen LogP contribution in [0.1, 0.15) is 6.92 Å². The van der Waals surface area contributed by atoms with Gasteiger partial charge in [-0.3, -0.25) is 0 Å². The summed E-state index contributed by atoms with van der Waals surface area (Å²) in [6.07, 6.45) is 4.96. The first-order valence-electron chi connectivity index (χ1n) is 4.95. The van der Waals surface area contributed by atoms with Crippen molar-refractivity contribution in [2.45, 2.75) is 6.92 Å². The summed E-state index contributed by atoms with van der Waals surface area (Å²) in [6, 6.07) is 0. The van der Waals surface area contributed by atoms with Crippen molar-refractivity contribution in [1.82, 2.24) is 19.9 Å². The Labute approximate surface area is 92.5 Å². The van der Waals surface area contributed by atoms with Gasteiger partial charge in [0, 0.05) is 6.54 Å². The number of nitrogens with one attached hydrogen (secondary N) is 2. The van der Waals surface area contributed by atoms with Crippen LogP contribution < -0.4 is 5.32 Å². The molecule has 0 saturated carbocycles. The molecule has 0 aliphatic carbocycles. The van der Waals surface area contributed by atoms with E-state index in [0.29, 0.717) is 18.0 Å². The van der Waals surface area contributed by atoms with Gasteiger partial charge in [0.1, 0.15) is 11.8 Å². The van der Waals surface area contributed by atoms with Gasteiger partial charge in [0.2, 0.25) is 0 Å². The molecule has 0 atom stereocenters. The number of hydrogen-bond donors (Lipinski definition) is 3. The molecule has 2 rings (SSSR count). The Balaban J connectivity index is 2.12. The maximum atomic E-state index is 8.83. The van der Waals surface area contributed by atoms with Gasteiger partial charge < -0.3 is 15.4 Å². The van der Waals surface area contributed by atoms with Crippen LogP contribution in [0, 0.1) is 0 Å². The molecule has 0 bridgehead atoms. The molecule has 0 radical (unpaired) electrons. The van der Waals surface area contributed by atoms with E-state index in [9.17, 15) is 0 Å². The van der Waals surface area contributed by atoms with Crippen molar-refractivity contribution in [2.24, 2.45) is 0 Å². The first-order chi connectivity index (χ1) is 7.81. The summed E-state index contributed by atoms with van der Waals surface area (Å²) < 4.78 is 0. The van der Waals surface area contributed by atoms with Crippen LogP contribution in [0.25, 0.3) is 11.2 Å². The summed E-state index contributed by atoms with van der Waals surface area (Å²) >= 11 is 0. The first-order valence-corrected chi connectivity index (χ1v) is 4.95. The zero-order valence-corrected chi connectivity index (χ0v) is 8.94. The number of anilines is 1. The number of aromatic nitrogens is 4. The standard InChI is InChI=1S/C10H13N5O/c1-7(4-16)2-3-11-9-8-10(13-5-12-8)15-6-14-9/h2,5-6,16H,3-4H2,1H3,(H2,11,12,13,14,15)/b7-2+/i1+1. The molecular weight excluding hydrogens is 207 g/mol. The highest BCUT2D eigenvalue weighted by Gasteiger charge is 2.03. The lowest BCUT2D eigenvalue weighted by Gasteiger charge is -2.03. The minimum absolute atomic E-state index is 0.0743. The van der Waals surface area contributed by atoms with Gasteiger partial charge >= 0.3 is 0 Å². The van der Waals surface area contributed by atoms with Crippen molar-refractivity contribution in [2.75, 3.05) is 18.5 Å². The summed E-state index contributed by atoms with van der Waals surface area (Å²) in [5, 5.41) is 12.0. The summed E-state index contributed by atoms with van der Waals surface area (Å²) in [5.74, 6) is 0.712. The van der Waals surface area contributed by atoms with E-state index in [1.807, 2.05) is 13.0 Å². The highest BCUT2D eigenvalue weighted by molar-refractivity contribution is 5.81. The normalized spacial score (nSPS) is 12.0. The van der Waals surface area contributed by atoms with Crippen molar-refractivity contribution in [3.05, 3.63) is 24.3 Å². The second-order valence-corrected chi connectivity index (χ2v) is 3.41. The number of fused-ring (bicyclic) bond motifs is 1. The number of aromatic amines is 1. The summed E-state index contributed by atoms with van der Waals surface area (Å²) in [5.41, 5.74) is 2.35. The highest BCUT2D eigenvalue weighted by atomic mass is 16.3. The molecule has 0 saturated heterocycles. The van der Waals surface area contributed by atoms with Crippen LogP contribution in [-0.2, 0) is 0 Å². The number of H-pyrrole nitrogens is 1. The van der Waals surface area contributed by atoms with Crippen LogP contribution in [0.3, 0.4) is 0 Å². The van der Waals surface area contributed by atoms with Crippen LogP contribution in [-0.4, -0.2) is 38.2 Å². The number of imidazole rings is 1. The minimum Gasteiger partial charge on any atom is -0.392 e. The fourth-order valence-corrected chi connectivity index (χ4v) is 1.29. The molecule has 0 aliphatic heterocycles. The Morgan fingerprint density at radius 3 is 3.19 bits per heavy atom. The number of aliphatic hydroxyl groups excluding tert-OH is 1. The predicted molar refractivity (Wildman–Crippen MR) is 61.0 cm³/mol. The Morgan fingerprint density at radius 1 is 1.50 bits per heavy atom. The van der Waals surface area contributed by atoms with E-state index >= 15 is 0 Å². The summed E-state index contributed by atoms with van der Waals surface area (Å²) in [7, 11) is 0. The van der Waals surface area contributed by atoms with Gasteiger partial charge in [-0.2, -0.15) is 0 Å². The molecule has 0 aliphatic rings. The molecule has 0 spiro atoms. The van der Waals surface area contributed by atoms with Crippen molar-refractivity contribution in [1.29, 1.82) is 0 Å². The monoisotopic (exact) mass is 220 g/mol. The van der Waals surface area contributed by atoms with Crippen LogP contribution in [0.5, 0.6) is 0 Å². The van der Waals surface area contributed by atoms with E-state index in [4.69, 9.17) is 5.11 Å². The third kappa shape index (κ3) is 2.17. The maximum Gasteiger partial charge on any atom is 0.182 e. The zero-order valence-electron chi connectivity index (χ0n) is 8.94. The summed E-state index contributed by atoms with van der Waals surface area (Å²) in [4.78, 5) is 15.1. The Morgan fingerprint density at radius 2 is 2.38 bits per heavy atom. The molecule has 0 amide bonds. The average molecular weight is 220 g/mol. The van der Waals surface area contributed by atoms with E-state index < -0.39 is 0 Å². The molecule has 0 unspecified atom stereocenters. The molecule has 6 heteroatoms. The van der Waals surface area contributed by atoms with Crippen molar-refractivity contribution >= 4 is 17.0 Å². The van der Waals surface area contributed by atoms with Gasteiger partial charge in [0.25, 0.3) is 0 Å². The number of hydrogen-bond acceptors (Lipinski definition) is 5. The molecule has 3 N–H and O–H groups in total. The van der Waals surface area contributed by atoms with E-state index in [2.05, 4.69) is 25.3 Å². The number of aliphatic hydroxyl groups is 1. The van der Waals surface area contributed by atoms with Crippen LogP contribution >= 0.6 is 0 Å². The molecule has 84 valence electrons. The lowest BCUT2D eigenvalue weighted by atomic mass is 10.4. The molecule has 0 aromatic carbocycles. The van der Waals surface area contributed by atoms with E-state index in [1.165, 1.54) is 6.33 Å². The number of rotatable bonds is 4. The second-order valence-electron chi connectivity index (χ2n) is 3.41. The van der Waals surface area contributed by atoms with Gasteiger partial charge in [-0.25, -0.2) is 15.0 Å². The lowest BCUT2D eigenvalue weighted by Crippen LogP contribution is -2.03. The smallest absolute Gasteiger partial charge is 0.182 e. The van der Waals surface area contributed by atoms with E-state index in [-0.39, 0.29) is 6.61 Å². The summed E-state index contributed by atoms with van der Waals surface area (Å²) in [6.45, 7) is 2.55. The van der Waals surface area contributed by atoms with E-state index in [1.54, 1.807) is 6.33 Å². The maximum absolute atomic E-state index is 8.83. The predicted octanol–water partition coefficient (Wildman–Crippen LogP) is 0.703. The van der Waals surface area contributed by atoms with Crippen molar-refractivity contribution < 1.29 is 5.11 Å². The van der Waals surface area contributed by atoms with Gasteiger partial charge in [-0.1, -0.05) is 11.6 Å². The Hall–Kier alpha value is -1.95. The van der Waals surface area contributed by atoms with Gasteiger partial charge in [0.05, 0.1) is 12.9 Å². The van der Waals surface area contributed by atoms with Gasteiger partial charge in [0.15, 0.2) is 11.5 Å². The minimum atomic E-state index is 0.0743. The topological polar surface area (TPSA) is 86.7 Å². The van der Waals surface area contributed by atoms with Gasteiger partial charge in [-0.05, 0) is 6.92 Å². The molecule has 2 aromatic rings. The first kappa shape index (κ1) is 10.6. The lowest BCUT2D eigenvalue weighted by molar-refractivity contribution is 0.331. The van der Waals surface area contributed by atoms with Gasteiger partial charge in [-0.15, -0.1) is 0 Å². The van der Waals surface area contributed by atoms with Crippen LogP contribution in [0.4, 0.5) is 5.82 Å². The largest absolute Gasteiger partial charge is 0.392 e. The molecule has 2 heterocycles. The van der Waals surface area contributed by atoms with Crippen molar-refractivity contribution in [3.63, 3.8) is 0 Å². The van der Waals surface area contributed by atoms with E-state index in [0.717, 1.165) is 11.1 Å². The van der Waals surface area contributed by atoms with Crippen molar-refractivity contribution in [3.8, 4) is 0 Å². The second kappa shape index (κ2) is 4.71. The SMILES string of the molecule is [13CH3]/C(=C\CNc1ncnc2nc[nH]c12)CO. The molecule has 0 fully saturated rings. The third-order valence-corrected chi connectivity index (χ3v) is 2.19. The molecule has 16 heavy (non-hydrogen) atoms. The average Bonchev–Trinajstić information content (AvgIpc) is 2.77. The number of nitrogens with zero attached hydrogens (tertiary/aromatic N) is 3. The van der Waals surface area contributed by atoms with Crippen LogP contribution in [0.15, 0.2) is 24.3 Å². The fourth-order valence-electron chi connectivity index (χ4n) is 1.29. The fraction of sp³-hybridized carbons (Fsp3) is 0.300. The molecular formula is C10H13N5O. The molecule has 6 nitrogen and oxygen atoms in total. The Bertz CT molecular complexity index is 505. The quantitative estimate of drug-likeness (QED) is 0.521. The Kier molecular flexibility index (Phi) is 3.11.